The molecule has 0 saturated heterocycles. The molecule has 0 fully saturated rings. The van der Waals surface area contributed by atoms with Gasteiger partial charge in [0.25, 0.3) is 0 Å². The van der Waals surface area contributed by atoms with Crippen molar-refractivity contribution in [2.45, 2.75) is 11.8 Å². The van der Waals surface area contributed by atoms with Gasteiger partial charge in [-0.2, -0.15) is 8.42 Å². The number of hydrogen-bond donors (Lipinski definition) is 1. The lowest BCUT2D eigenvalue weighted by Crippen LogP contribution is -2.09. The van der Waals surface area contributed by atoms with E-state index in [-0.39, 0.29) is 22.0 Å². The Bertz CT molecular complexity index is 733. The molecule has 104 valence electrons. The lowest BCUT2D eigenvalue weighted by Gasteiger charge is -2.08. The van der Waals surface area contributed by atoms with Crippen LogP contribution in [0.25, 0.3) is 0 Å². The number of aldehydes is 1. The zero-order chi connectivity index (χ0) is 14.8. The van der Waals surface area contributed by atoms with Crippen LogP contribution >= 0.6 is 0 Å². The first-order valence-corrected chi connectivity index (χ1v) is 7.12. The van der Waals surface area contributed by atoms with E-state index in [0.29, 0.717) is 6.29 Å². The van der Waals surface area contributed by atoms with E-state index in [0.717, 1.165) is 11.6 Å². The molecule has 0 aromatic heterocycles. The van der Waals surface area contributed by atoms with E-state index in [2.05, 4.69) is 0 Å². The molecular formula is C14H12O5S. The molecule has 0 atom stereocenters. The highest BCUT2D eigenvalue weighted by atomic mass is 32.2. The van der Waals surface area contributed by atoms with Gasteiger partial charge >= 0.3 is 10.1 Å². The van der Waals surface area contributed by atoms with E-state index in [1.54, 1.807) is 12.1 Å². The zero-order valence-electron chi connectivity index (χ0n) is 10.6. The van der Waals surface area contributed by atoms with Crippen LogP contribution in [0.1, 0.15) is 15.9 Å². The minimum Gasteiger partial charge on any atom is -0.507 e. The van der Waals surface area contributed by atoms with Crippen molar-refractivity contribution >= 4 is 16.4 Å². The third-order valence-electron chi connectivity index (χ3n) is 2.64. The first kappa shape index (κ1) is 14.1. The third kappa shape index (κ3) is 2.97. The summed E-state index contributed by atoms with van der Waals surface area (Å²) in [5, 5.41) is 9.34. The predicted octanol–water partition coefficient (Wildman–Crippen LogP) is 2.28. The number of carbonyl (C=O) groups is 1. The Labute approximate surface area is 116 Å². The Morgan fingerprint density at radius 1 is 1.10 bits per heavy atom. The second-order valence-electron chi connectivity index (χ2n) is 4.19. The van der Waals surface area contributed by atoms with Crippen LogP contribution in [-0.4, -0.2) is 19.8 Å². The number of phenolic OH excluding ortho intramolecular Hbond substituents is 1. The molecule has 20 heavy (non-hydrogen) atoms. The van der Waals surface area contributed by atoms with Crippen molar-refractivity contribution in [3.8, 4) is 11.5 Å². The lowest BCUT2D eigenvalue weighted by molar-refractivity contribution is 0.112. The number of benzene rings is 2. The van der Waals surface area contributed by atoms with Crippen LogP contribution in [0.3, 0.4) is 0 Å². The molecule has 0 radical (unpaired) electrons. The van der Waals surface area contributed by atoms with Crippen molar-refractivity contribution < 1.29 is 22.5 Å². The average molecular weight is 292 g/mol. The highest BCUT2D eigenvalue weighted by Crippen LogP contribution is 2.24. The molecular weight excluding hydrogens is 280 g/mol. The normalized spacial score (nSPS) is 11.1. The van der Waals surface area contributed by atoms with E-state index in [9.17, 15) is 18.3 Å². The first-order chi connectivity index (χ1) is 9.42. The molecule has 0 heterocycles. The average Bonchev–Trinajstić information content (AvgIpc) is 2.41. The molecule has 0 amide bonds. The molecule has 2 aromatic carbocycles. The maximum atomic E-state index is 12.0. The molecule has 0 bridgehead atoms. The first-order valence-electron chi connectivity index (χ1n) is 5.72. The van der Waals surface area contributed by atoms with Gasteiger partial charge in [-0.3, -0.25) is 4.79 Å². The SMILES string of the molecule is Cc1ccc(S(=O)(=O)Oc2ccc(O)c(C=O)c2)cc1. The molecule has 0 spiro atoms. The van der Waals surface area contributed by atoms with Gasteiger partial charge in [0, 0.05) is 0 Å². The quantitative estimate of drug-likeness (QED) is 0.690. The van der Waals surface area contributed by atoms with Crippen LogP contribution in [0.5, 0.6) is 11.5 Å². The third-order valence-corrected chi connectivity index (χ3v) is 3.90. The largest absolute Gasteiger partial charge is 0.507 e. The highest BCUT2D eigenvalue weighted by molar-refractivity contribution is 7.87. The molecule has 1 N–H and O–H groups in total. The predicted molar refractivity (Wildman–Crippen MR) is 72.5 cm³/mol. The van der Waals surface area contributed by atoms with Crippen molar-refractivity contribution in [3.63, 3.8) is 0 Å². The van der Waals surface area contributed by atoms with Crippen molar-refractivity contribution in [1.82, 2.24) is 0 Å². The summed E-state index contributed by atoms with van der Waals surface area (Å²) in [5.41, 5.74) is 0.887. The van der Waals surface area contributed by atoms with Gasteiger partial charge in [0.2, 0.25) is 0 Å². The summed E-state index contributed by atoms with van der Waals surface area (Å²) >= 11 is 0. The van der Waals surface area contributed by atoms with Gasteiger partial charge in [-0.05, 0) is 37.3 Å². The van der Waals surface area contributed by atoms with Crippen LogP contribution in [0.4, 0.5) is 0 Å². The van der Waals surface area contributed by atoms with E-state index in [1.807, 2.05) is 6.92 Å². The number of hydrogen-bond acceptors (Lipinski definition) is 5. The van der Waals surface area contributed by atoms with Gasteiger partial charge in [0.1, 0.15) is 16.4 Å². The van der Waals surface area contributed by atoms with Gasteiger partial charge in [-0.15, -0.1) is 0 Å². The van der Waals surface area contributed by atoms with Crippen molar-refractivity contribution in [1.29, 1.82) is 0 Å². The fraction of sp³-hybridized carbons (Fsp3) is 0.0714. The van der Waals surface area contributed by atoms with Gasteiger partial charge in [0.15, 0.2) is 6.29 Å². The number of aromatic hydroxyl groups is 1. The van der Waals surface area contributed by atoms with E-state index < -0.39 is 10.1 Å². The maximum absolute atomic E-state index is 12.0. The highest BCUT2D eigenvalue weighted by Gasteiger charge is 2.17. The Morgan fingerprint density at radius 2 is 1.75 bits per heavy atom. The molecule has 0 aliphatic carbocycles. The van der Waals surface area contributed by atoms with Crippen LogP contribution in [-0.2, 0) is 10.1 Å². The van der Waals surface area contributed by atoms with Gasteiger partial charge in [-0.25, -0.2) is 0 Å². The summed E-state index contributed by atoms with van der Waals surface area (Å²) < 4.78 is 29.0. The van der Waals surface area contributed by atoms with Crippen LogP contribution < -0.4 is 4.18 Å². The molecule has 6 heteroatoms. The lowest BCUT2D eigenvalue weighted by atomic mass is 10.2. The smallest absolute Gasteiger partial charge is 0.339 e. The summed E-state index contributed by atoms with van der Waals surface area (Å²) in [6.07, 6.45) is 0.417. The molecule has 0 unspecified atom stereocenters. The Balaban J connectivity index is 2.33. The molecule has 0 aliphatic rings. The van der Waals surface area contributed by atoms with Crippen LogP contribution in [0.15, 0.2) is 47.4 Å². The molecule has 0 saturated carbocycles. The Morgan fingerprint density at radius 3 is 2.35 bits per heavy atom. The summed E-state index contributed by atoms with van der Waals surface area (Å²) in [4.78, 5) is 10.7. The minimum atomic E-state index is -3.97. The Hall–Kier alpha value is -2.34. The molecule has 2 aromatic rings. The van der Waals surface area contributed by atoms with E-state index in [1.165, 1.54) is 24.3 Å². The molecule has 0 aliphatic heterocycles. The standard InChI is InChI=1S/C14H12O5S/c1-10-2-5-13(6-3-10)20(17,18)19-12-4-7-14(16)11(8-12)9-15/h2-9,16H,1H3. The Kier molecular flexibility index (Phi) is 3.76. The number of carbonyl (C=O) groups excluding carboxylic acids is 1. The molecule has 2 rings (SSSR count). The fourth-order valence-electron chi connectivity index (χ4n) is 1.56. The summed E-state index contributed by atoms with van der Waals surface area (Å²) in [6, 6.07) is 9.82. The fourth-order valence-corrected chi connectivity index (χ4v) is 2.48. The van der Waals surface area contributed by atoms with Crippen LogP contribution in [0, 0.1) is 6.92 Å². The zero-order valence-corrected chi connectivity index (χ0v) is 11.4. The van der Waals surface area contributed by atoms with Crippen molar-refractivity contribution in [3.05, 3.63) is 53.6 Å². The molecule has 5 nitrogen and oxygen atoms in total. The van der Waals surface area contributed by atoms with Crippen molar-refractivity contribution in [2.24, 2.45) is 0 Å². The number of rotatable bonds is 4. The maximum Gasteiger partial charge on any atom is 0.339 e. The van der Waals surface area contributed by atoms with Crippen LogP contribution in [0.2, 0.25) is 0 Å². The number of phenols is 1. The van der Waals surface area contributed by atoms with E-state index >= 15 is 0 Å². The second kappa shape index (κ2) is 5.34. The second-order valence-corrected chi connectivity index (χ2v) is 5.74. The van der Waals surface area contributed by atoms with Crippen molar-refractivity contribution in [2.75, 3.05) is 0 Å². The van der Waals surface area contributed by atoms with Gasteiger partial charge in [0.05, 0.1) is 5.56 Å². The summed E-state index contributed by atoms with van der Waals surface area (Å²) in [7, 11) is -3.97. The minimum absolute atomic E-state index is 0.0174. The monoisotopic (exact) mass is 292 g/mol. The van der Waals surface area contributed by atoms with E-state index in [4.69, 9.17) is 4.18 Å². The van der Waals surface area contributed by atoms with Gasteiger partial charge < -0.3 is 9.29 Å². The topological polar surface area (TPSA) is 80.7 Å². The van der Waals surface area contributed by atoms with Gasteiger partial charge in [-0.1, -0.05) is 17.7 Å². The summed E-state index contributed by atoms with van der Waals surface area (Å²) in [5.74, 6) is -0.273. The number of aryl methyl sites for hydroxylation is 1. The summed E-state index contributed by atoms with van der Waals surface area (Å²) in [6.45, 7) is 1.84.